The monoisotopic (exact) mass is 398 g/mol. The van der Waals surface area contributed by atoms with Crippen LogP contribution < -0.4 is 0 Å². The van der Waals surface area contributed by atoms with Crippen LogP contribution in [0.25, 0.3) is 0 Å². The van der Waals surface area contributed by atoms with Gasteiger partial charge in [-0.1, -0.05) is 17.7 Å². The first kappa shape index (κ1) is 13.5. The Kier molecular flexibility index (Phi) is 4.26. The Morgan fingerprint density at radius 2 is 2.00 bits per heavy atom. The van der Waals surface area contributed by atoms with Gasteiger partial charge < -0.3 is 5.11 Å². The Morgan fingerprint density at radius 3 is 2.53 bits per heavy atom. The summed E-state index contributed by atoms with van der Waals surface area (Å²) in [5.74, 6) is -0.355. The van der Waals surface area contributed by atoms with Crippen LogP contribution >= 0.6 is 54.8 Å². The second-order valence-electron chi connectivity index (χ2n) is 3.35. The van der Waals surface area contributed by atoms with Crippen LogP contribution in [0.5, 0.6) is 0 Å². The van der Waals surface area contributed by atoms with Crippen molar-refractivity contribution < 1.29 is 9.50 Å². The molecule has 0 spiro atoms. The van der Waals surface area contributed by atoms with E-state index in [9.17, 15) is 9.50 Å². The van der Waals surface area contributed by atoms with E-state index in [4.69, 9.17) is 11.6 Å². The maximum absolute atomic E-state index is 13.1. The molecule has 6 heteroatoms. The first-order valence-corrected chi connectivity index (χ1v) is 7.35. The number of aliphatic hydroxyl groups is 1. The molecule has 0 aliphatic carbocycles. The summed E-state index contributed by atoms with van der Waals surface area (Å²) < 4.78 is 14.2. The summed E-state index contributed by atoms with van der Waals surface area (Å²) in [5.41, 5.74) is 0.615. The Bertz CT molecular complexity index is 539. The van der Waals surface area contributed by atoms with Gasteiger partial charge in [-0.25, -0.2) is 4.39 Å². The smallest absolute Gasteiger partial charge is 0.137 e. The van der Waals surface area contributed by atoms with E-state index >= 15 is 0 Å². The fourth-order valence-electron chi connectivity index (χ4n) is 1.34. The van der Waals surface area contributed by atoms with Gasteiger partial charge >= 0.3 is 0 Å². The van der Waals surface area contributed by atoms with E-state index < -0.39 is 6.10 Å². The number of benzene rings is 1. The van der Waals surface area contributed by atoms with Crippen molar-refractivity contribution in [3.63, 3.8) is 0 Å². The predicted molar refractivity (Wildman–Crippen MR) is 75.2 cm³/mol. The van der Waals surface area contributed by atoms with E-state index in [2.05, 4.69) is 31.9 Å². The highest BCUT2D eigenvalue weighted by atomic mass is 79.9. The van der Waals surface area contributed by atoms with Crippen LogP contribution in [0.3, 0.4) is 0 Å². The molecule has 2 rings (SSSR count). The molecule has 0 saturated heterocycles. The number of halogens is 4. The molecule has 1 N–H and O–H groups in total. The average Bonchev–Trinajstić information content (AvgIpc) is 2.62. The minimum Gasteiger partial charge on any atom is -0.383 e. The third-order valence-corrected chi connectivity index (χ3v) is 5.33. The molecule has 0 bridgehead atoms. The normalized spacial score (nSPS) is 12.8. The molecular formula is C11H6Br2ClFOS. The van der Waals surface area contributed by atoms with E-state index in [1.54, 1.807) is 18.2 Å². The van der Waals surface area contributed by atoms with Crippen LogP contribution in [0.1, 0.15) is 16.5 Å². The third-order valence-electron chi connectivity index (χ3n) is 2.19. The number of rotatable bonds is 2. The number of thiophene rings is 1. The van der Waals surface area contributed by atoms with Gasteiger partial charge in [-0.2, -0.15) is 0 Å². The molecule has 1 heterocycles. The van der Waals surface area contributed by atoms with Crippen molar-refractivity contribution in [1.29, 1.82) is 0 Å². The summed E-state index contributed by atoms with van der Waals surface area (Å²) >= 11 is 13.6. The lowest BCUT2D eigenvalue weighted by Crippen LogP contribution is -1.97. The van der Waals surface area contributed by atoms with Gasteiger partial charge in [0.05, 0.1) is 13.3 Å². The zero-order valence-electron chi connectivity index (χ0n) is 8.25. The maximum Gasteiger partial charge on any atom is 0.137 e. The molecule has 0 aliphatic rings. The summed E-state index contributed by atoms with van der Waals surface area (Å²) in [6, 6.07) is 6.11. The van der Waals surface area contributed by atoms with Gasteiger partial charge in [0.15, 0.2) is 0 Å². The van der Waals surface area contributed by atoms with Gasteiger partial charge in [0.2, 0.25) is 0 Å². The van der Waals surface area contributed by atoms with Crippen LogP contribution in [0, 0.1) is 5.82 Å². The lowest BCUT2D eigenvalue weighted by Gasteiger charge is -2.09. The highest BCUT2D eigenvalue weighted by Gasteiger charge is 2.16. The van der Waals surface area contributed by atoms with E-state index in [1.165, 1.54) is 17.4 Å². The van der Waals surface area contributed by atoms with Gasteiger partial charge in [0, 0.05) is 4.88 Å². The van der Waals surface area contributed by atoms with Gasteiger partial charge in [-0.15, -0.1) is 11.3 Å². The Hall–Kier alpha value is 0.0600. The summed E-state index contributed by atoms with van der Waals surface area (Å²) in [6.07, 6.45) is -0.805. The average molecular weight is 400 g/mol. The Morgan fingerprint density at radius 1 is 1.29 bits per heavy atom. The van der Waals surface area contributed by atoms with Crippen LogP contribution in [0.2, 0.25) is 5.02 Å². The van der Waals surface area contributed by atoms with Gasteiger partial charge in [-0.05, 0) is 55.6 Å². The van der Waals surface area contributed by atoms with E-state index in [0.29, 0.717) is 19.9 Å². The molecule has 0 fully saturated rings. The molecule has 1 aromatic heterocycles. The summed E-state index contributed by atoms with van der Waals surface area (Å²) in [4.78, 5) is 0.709. The number of aliphatic hydroxyl groups excluding tert-OH is 1. The van der Waals surface area contributed by atoms with Gasteiger partial charge in [0.1, 0.15) is 11.9 Å². The van der Waals surface area contributed by atoms with Crippen molar-refractivity contribution in [2.75, 3.05) is 0 Å². The Balaban J connectivity index is 2.36. The van der Waals surface area contributed by atoms with Crippen LogP contribution in [0.4, 0.5) is 4.39 Å². The molecule has 1 nitrogen and oxygen atoms in total. The Labute approximate surface area is 123 Å². The number of hydrogen-bond acceptors (Lipinski definition) is 2. The zero-order valence-corrected chi connectivity index (χ0v) is 13.0. The topological polar surface area (TPSA) is 20.2 Å². The number of hydrogen-bond donors (Lipinski definition) is 1. The van der Waals surface area contributed by atoms with Crippen molar-refractivity contribution in [3.8, 4) is 0 Å². The second kappa shape index (κ2) is 5.36. The molecule has 1 atom stereocenters. The highest BCUT2D eigenvalue weighted by molar-refractivity contribution is 9.11. The largest absolute Gasteiger partial charge is 0.383 e. The highest BCUT2D eigenvalue weighted by Crippen LogP contribution is 2.37. The molecule has 0 saturated carbocycles. The second-order valence-corrected chi connectivity index (χ2v) is 7.01. The van der Waals surface area contributed by atoms with Gasteiger partial charge in [-0.3, -0.25) is 0 Å². The van der Waals surface area contributed by atoms with Crippen molar-refractivity contribution >= 4 is 54.8 Å². The van der Waals surface area contributed by atoms with Crippen molar-refractivity contribution in [2.24, 2.45) is 0 Å². The van der Waals surface area contributed by atoms with Crippen LogP contribution in [-0.2, 0) is 0 Å². The summed E-state index contributed by atoms with van der Waals surface area (Å²) in [7, 11) is 0. The molecule has 90 valence electrons. The molecular weight excluding hydrogens is 394 g/mol. The predicted octanol–water partition coefficient (Wildman–Crippen LogP) is 5.15. The first-order valence-electron chi connectivity index (χ1n) is 4.57. The van der Waals surface area contributed by atoms with E-state index in [0.717, 1.165) is 3.79 Å². The van der Waals surface area contributed by atoms with Gasteiger partial charge in [0.25, 0.3) is 0 Å². The SMILES string of the molecule is OC(c1ccc(F)c(Br)c1)c1cc(Cl)c(Br)s1. The lowest BCUT2D eigenvalue weighted by molar-refractivity contribution is 0.224. The minimum atomic E-state index is -0.805. The first-order chi connectivity index (χ1) is 7.99. The zero-order chi connectivity index (χ0) is 12.6. The van der Waals surface area contributed by atoms with Crippen molar-refractivity contribution in [3.05, 3.63) is 53.8 Å². The fraction of sp³-hybridized carbons (Fsp3) is 0.0909. The maximum atomic E-state index is 13.1. The molecule has 0 amide bonds. The van der Waals surface area contributed by atoms with Crippen molar-refractivity contribution in [2.45, 2.75) is 6.10 Å². The van der Waals surface area contributed by atoms with Crippen LogP contribution in [-0.4, -0.2) is 5.11 Å². The third kappa shape index (κ3) is 2.90. The van der Waals surface area contributed by atoms with E-state index in [1.807, 2.05) is 0 Å². The molecule has 1 aromatic carbocycles. The molecule has 1 unspecified atom stereocenters. The quantitative estimate of drug-likeness (QED) is 0.739. The molecule has 0 radical (unpaired) electrons. The lowest BCUT2D eigenvalue weighted by atomic mass is 10.1. The molecule has 0 aliphatic heterocycles. The summed E-state index contributed by atoms with van der Waals surface area (Å²) in [5, 5.41) is 10.7. The minimum absolute atomic E-state index is 0.329. The fourth-order valence-corrected chi connectivity index (χ4v) is 3.50. The molecule has 17 heavy (non-hydrogen) atoms. The van der Waals surface area contributed by atoms with Crippen LogP contribution in [0.15, 0.2) is 32.5 Å². The summed E-state index contributed by atoms with van der Waals surface area (Å²) in [6.45, 7) is 0. The standard InChI is InChI=1S/C11H6Br2ClFOS/c12-6-3-5(1-2-8(6)15)10(16)9-4-7(14)11(13)17-9/h1-4,10,16H. The molecule has 2 aromatic rings. The van der Waals surface area contributed by atoms with Crippen molar-refractivity contribution in [1.82, 2.24) is 0 Å². The van der Waals surface area contributed by atoms with E-state index in [-0.39, 0.29) is 5.82 Å².